The van der Waals surface area contributed by atoms with E-state index in [4.69, 9.17) is 11.2 Å². The Morgan fingerprint density at radius 3 is 2.70 bits per heavy atom. The number of halogens is 1. The molecular weight excluding hydrogens is 367 g/mol. The van der Waals surface area contributed by atoms with Gasteiger partial charge in [-0.2, -0.15) is 0 Å². The maximum absolute atomic E-state index is 5.24. The zero-order valence-corrected chi connectivity index (χ0v) is 14.9. The van der Waals surface area contributed by atoms with Crippen LogP contribution in [-0.4, -0.2) is 63.3 Å². The number of guanidine groups is 1. The first-order valence-corrected chi connectivity index (χ1v) is 7.00. The Hall–Kier alpha value is -0.520. The van der Waals surface area contributed by atoms with Crippen molar-refractivity contribution in [1.82, 2.24) is 15.5 Å². The first-order valence-electron chi connectivity index (χ1n) is 7.00. The molecule has 20 heavy (non-hydrogen) atoms. The molecule has 1 saturated carbocycles. The molecular formula is C14H27IN4O. The van der Waals surface area contributed by atoms with Gasteiger partial charge in [0.2, 0.25) is 0 Å². The van der Waals surface area contributed by atoms with E-state index in [0.717, 1.165) is 44.8 Å². The third-order valence-corrected chi connectivity index (χ3v) is 3.01. The molecule has 0 aromatic carbocycles. The highest BCUT2D eigenvalue weighted by molar-refractivity contribution is 14.0. The standard InChI is InChI=1S/C14H26N4O.HI/c1-4-8-16-14(15-5-2)17-9-10-18(11-12-19-3)13-6-7-13;/h1,13H,5-12H2,2-3H3,(H2,15,16,17);1H. The Morgan fingerprint density at radius 2 is 2.15 bits per heavy atom. The molecule has 0 unspecified atom stereocenters. The number of nitrogens with zero attached hydrogens (tertiary/aromatic N) is 2. The molecule has 0 bridgehead atoms. The third kappa shape index (κ3) is 8.61. The van der Waals surface area contributed by atoms with Crippen LogP contribution < -0.4 is 10.6 Å². The molecule has 0 saturated heterocycles. The van der Waals surface area contributed by atoms with E-state index in [1.54, 1.807) is 7.11 Å². The number of rotatable bonds is 9. The lowest BCUT2D eigenvalue weighted by Gasteiger charge is -2.20. The summed E-state index contributed by atoms with van der Waals surface area (Å²) in [5.74, 6) is 3.35. The molecule has 0 heterocycles. The predicted octanol–water partition coefficient (Wildman–Crippen LogP) is 0.903. The number of hydrogen-bond acceptors (Lipinski definition) is 3. The lowest BCUT2D eigenvalue weighted by molar-refractivity contribution is 0.145. The smallest absolute Gasteiger partial charge is 0.192 e. The van der Waals surface area contributed by atoms with Gasteiger partial charge in [0.1, 0.15) is 0 Å². The highest BCUT2D eigenvalue weighted by atomic mass is 127. The van der Waals surface area contributed by atoms with Crippen LogP contribution in [0.15, 0.2) is 4.99 Å². The van der Waals surface area contributed by atoms with Gasteiger partial charge in [-0.3, -0.25) is 9.89 Å². The minimum Gasteiger partial charge on any atom is -0.383 e. The van der Waals surface area contributed by atoms with Crippen molar-refractivity contribution in [2.45, 2.75) is 25.8 Å². The van der Waals surface area contributed by atoms with Crippen molar-refractivity contribution < 1.29 is 4.74 Å². The first kappa shape index (κ1) is 19.5. The van der Waals surface area contributed by atoms with Gasteiger partial charge in [0.25, 0.3) is 0 Å². The normalized spacial score (nSPS) is 14.6. The molecule has 1 fully saturated rings. The monoisotopic (exact) mass is 394 g/mol. The average Bonchev–Trinajstić information content (AvgIpc) is 3.24. The van der Waals surface area contributed by atoms with Gasteiger partial charge in [-0.15, -0.1) is 30.4 Å². The van der Waals surface area contributed by atoms with E-state index in [2.05, 4.69) is 26.4 Å². The molecule has 0 radical (unpaired) electrons. The summed E-state index contributed by atoms with van der Waals surface area (Å²) in [4.78, 5) is 6.98. The van der Waals surface area contributed by atoms with Gasteiger partial charge >= 0.3 is 0 Å². The first-order chi connectivity index (χ1) is 9.31. The van der Waals surface area contributed by atoms with Crippen LogP contribution in [0.4, 0.5) is 0 Å². The largest absolute Gasteiger partial charge is 0.383 e. The molecule has 0 amide bonds. The SMILES string of the molecule is C#CCNC(=NCCN(CCOC)C1CC1)NCC.I. The summed E-state index contributed by atoms with van der Waals surface area (Å²) in [7, 11) is 1.75. The molecule has 116 valence electrons. The molecule has 0 aromatic rings. The van der Waals surface area contributed by atoms with E-state index < -0.39 is 0 Å². The summed E-state index contributed by atoms with van der Waals surface area (Å²) in [6.07, 6.45) is 7.85. The van der Waals surface area contributed by atoms with E-state index in [9.17, 15) is 0 Å². The number of nitrogens with one attached hydrogen (secondary N) is 2. The number of hydrogen-bond donors (Lipinski definition) is 2. The molecule has 1 aliphatic carbocycles. The van der Waals surface area contributed by atoms with Crippen molar-refractivity contribution >= 4 is 29.9 Å². The second-order valence-corrected chi connectivity index (χ2v) is 4.58. The van der Waals surface area contributed by atoms with Crippen LogP contribution in [0.1, 0.15) is 19.8 Å². The lowest BCUT2D eigenvalue weighted by atomic mass is 10.4. The summed E-state index contributed by atoms with van der Waals surface area (Å²) in [6, 6.07) is 0.742. The van der Waals surface area contributed by atoms with Crippen LogP contribution >= 0.6 is 24.0 Å². The number of ether oxygens (including phenoxy) is 1. The summed E-state index contributed by atoms with van der Waals surface area (Å²) in [6.45, 7) is 6.91. The van der Waals surface area contributed by atoms with Gasteiger partial charge in [-0.05, 0) is 19.8 Å². The van der Waals surface area contributed by atoms with Crippen molar-refractivity contribution in [1.29, 1.82) is 0 Å². The molecule has 1 rings (SSSR count). The molecule has 1 aliphatic rings. The molecule has 6 heteroatoms. The molecule has 2 N–H and O–H groups in total. The topological polar surface area (TPSA) is 48.9 Å². The Kier molecular flexibility index (Phi) is 11.9. The fourth-order valence-electron chi connectivity index (χ4n) is 1.89. The van der Waals surface area contributed by atoms with Crippen LogP contribution in [0.3, 0.4) is 0 Å². The summed E-state index contributed by atoms with van der Waals surface area (Å²) in [5.41, 5.74) is 0. The van der Waals surface area contributed by atoms with Crippen LogP contribution in [0.25, 0.3) is 0 Å². The van der Waals surface area contributed by atoms with Crippen LogP contribution in [0.5, 0.6) is 0 Å². The van der Waals surface area contributed by atoms with E-state index in [1.807, 2.05) is 6.92 Å². The second kappa shape index (κ2) is 12.2. The number of methoxy groups -OCH3 is 1. The fourth-order valence-corrected chi connectivity index (χ4v) is 1.89. The zero-order valence-electron chi connectivity index (χ0n) is 12.5. The van der Waals surface area contributed by atoms with E-state index in [1.165, 1.54) is 12.8 Å². The maximum atomic E-state index is 5.24. The Morgan fingerprint density at radius 1 is 1.40 bits per heavy atom. The Balaban J connectivity index is 0.00000361. The van der Waals surface area contributed by atoms with Crippen LogP contribution in [0.2, 0.25) is 0 Å². The van der Waals surface area contributed by atoms with Crippen molar-refractivity contribution in [2.24, 2.45) is 4.99 Å². The Bertz CT molecular complexity index is 313. The van der Waals surface area contributed by atoms with Crippen molar-refractivity contribution in [3.63, 3.8) is 0 Å². The summed E-state index contributed by atoms with van der Waals surface area (Å²) in [5, 5.41) is 6.27. The second-order valence-electron chi connectivity index (χ2n) is 4.58. The number of aliphatic imine (C=N–C) groups is 1. The lowest BCUT2D eigenvalue weighted by Crippen LogP contribution is -2.38. The van der Waals surface area contributed by atoms with Crippen LogP contribution in [-0.2, 0) is 4.74 Å². The summed E-state index contributed by atoms with van der Waals surface area (Å²) >= 11 is 0. The number of terminal acetylenes is 1. The van der Waals surface area contributed by atoms with E-state index in [0.29, 0.717) is 6.54 Å². The minimum absolute atomic E-state index is 0. The fraction of sp³-hybridized carbons (Fsp3) is 0.786. The molecule has 5 nitrogen and oxygen atoms in total. The van der Waals surface area contributed by atoms with Gasteiger partial charge in [0, 0.05) is 32.8 Å². The molecule has 0 aromatic heterocycles. The minimum atomic E-state index is 0. The van der Waals surface area contributed by atoms with Gasteiger partial charge in [0.05, 0.1) is 19.7 Å². The third-order valence-electron chi connectivity index (χ3n) is 3.01. The quantitative estimate of drug-likeness (QED) is 0.264. The molecule has 0 atom stereocenters. The van der Waals surface area contributed by atoms with Gasteiger partial charge < -0.3 is 15.4 Å². The van der Waals surface area contributed by atoms with Crippen molar-refractivity contribution in [2.75, 3.05) is 46.4 Å². The van der Waals surface area contributed by atoms with Gasteiger partial charge in [-0.25, -0.2) is 0 Å². The highest BCUT2D eigenvalue weighted by Gasteiger charge is 2.27. The summed E-state index contributed by atoms with van der Waals surface area (Å²) < 4.78 is 5.15. The molecule has 0 aliphatic heterocycles. The van der Waals surface area contributed by atoms with Gasteiger partial charge in [-0.1, -0.05) is 5.92 Å². The van der Waals surface area contributed by atoms with Gasteiger partial charge in [0.15, 0.2) is 5.96 Å². The van der Waals surface area contributed by atoms with Crippen molar-refractivity contribution in [3.8, 4) is 12.3 Å². The van der Waals surface area contributed by atoms with Crippen molar-refractivity contribution in [3.05, 3.63) is 0 Å². The zero-order chi connectivity index (χ0) is 13.9. The molecule has 0 spiro atoms. The highest BCUT2D eigenvalue weighted by Crippen LogP contribution is 2.26. The van der Waals surface area contributed by atoms with E-state index >= 15 is 0 Å². The van der Waals surface area contributed by atoms with Crippen LogP contribution in [0, 0.1) is 12.3 Å². The average molecular weight is 394 g/mol. The Labute approximate surface area is 139 Å². The van der Waals surface area contributed by atoms with E-state index in [-0.39, 0.29) is 24.0 Å². The predicted molar refractivity (Wildman–Crippen MR) is 94.7 cm³/mol. The maximum Gasteiger partial charge on any atom is 0.192 e.